The van der Waals surface area contributed by atoms with Crippen molar-refractivity contribution < 1.29 is 78.7 Å². The Bertz CT molecular complexity index is 493. The molecule has 286 valence electrons. The summed E-state index contributed by atoms with van der Waals surface area (Å²) in [4.78, 5) is 0. The second kappa shape index (κ2) is 44.4. The van der Waals surface area contributed by atoms with E-state index in [0.29, 0.717) is 39.3 Å². The van der Waals surface area contributed by atoms with Crippen LogP contribution in [0.4, 0.5) is 0 Å². The minimum atomic E-state index is -0.723. The largest absolute Gasteiger partial charge is 0.553 e. The number of hydrogen-bond acceptors (Lipinski definition) is 16. The molecule has 0 heterocycles. The Kier molecular flexibility index (Phi) is 50.6. The normalized spacial score (nSPS) is 14.5. The van der Waals surface area contributed by atoms with E-state index < -0.39 is 36.6 Å². The van der Waals surface area contributed by atoms with Gasteiger partial charge in [0.05, 0.1) is 63.1 Å². The molecule has 0 aromatic heterocycles. The third-order valence-corrected chi connectivity index (χ3v) is 5.42. The van der Waals surface area contributed by atoms with Gasteiger partial charge in [-0.1, -0.05) is 0 Å². The van der Waals surface area contributed by atoms with Gasteiger partial charge >= 0.3 is 0 Å². The topological polar surface area (TPSA) is 236 Å². The molecular weight excluding hydrogens is 1150 g/mol. The first kappa shape index (κ1) is 54.8. The van der Waals surface area contributed by atoms with Crippen LogP contribution in [0, 0.1) is 28.4 Å². The van der Waals surface area contributed by atoms with Gasteiger partial charge in [0, 0.05) is 66.1 Å². The quantitative estimate of drug-likeness (QED) is 0.0299. The number of ether oxygens (including phenoxy) is 8. The van der Waals surface area contributed by atoms with E-state index in [4.69, 9.17) is 49.6 Å². The molecule has 0 fully saturated rings. The summed E-state index contributed by atoms with van der Waals surface area (Å²) in [6, 6.07) is 0. The molecule has 0 spiro atoms. The second-order valence-electron chi connectivity index (χ2n) is 10.0. The van der Waals surface area contributed by atoms with Crippen LogP contribution in [0.25, 0.3) is 0 Å². The maximum atomic E-state index is 9.33. The second-order valence-corrected chi connectivity index (χ2v) is 10.0. The molecule has 0 aliphatic heterocycles. The third-order valence-electron chi connectivity index (χ3n) is 5.42. The van der Waals surface area contributed by atoms with Gasteiger partial charge in [-0.15, -0.1) is 0 Å². The van der Waals surface area contributed by atoms with Crippen LogP contribution in [0.5, 0.6) is 0 Å². The van der Waals surface area contributed by atoms with Crippen molar-refractivity contribution in [3.8, 4) is 0 Å². The monoisotopic (exact) mass is 1210 g/mol. The van der Waals surface area contributed by atoms with Gasteiger partial charge < -0.3 is 78.7 Å². The first-order valence-electron chi connectivity index (χ1n) is 15.2. The molecule has 0 bridgehead atoms. The van der Waals surface area contributed by atoms with E-state index in [1.165, 1.54) is 0 Å². The zero-order valence-electron chi connectivity index (χ0n) is 28.7. The Morgan fingerprint density at radius 2 is 0.625 bits per heavy atom. The van der Waals surface area contributed by atoms with Gasteiger partial charge in [0.2, 0.25) is 0 Å². The van der Waals surface area contributed by atoms with E-state index in [1.807, 2.05) is 0 Å². The van der Waals surface area contributed by atoms with E-state index in [9.17, 15) is 10.2 Å². The zero-order chi connectivity index (χ0) is 35.3. The molecule has 0 saturated heterocycles. The smallest absolute Gasteiger partial charge is 0.0976 e. The van der Waals surface area contributed by atoms with Crippen molar-refractivity contribution in [3.05, 3.63) is 28.4 Å². The maximum absolute atomic E-state index is 9.33. The molecule has 6 unspecified atom stereocenters. The fourth-order valence-corrected chi connectivity index (χ4v) is 3.00. The van der Waals surface area contributed by atoms with Gasteiger partial charge in [-0.2, -0.15) is 0 Å². The first-order valence-corrected chi connectivity index (χ1v) is 15.2. The molecule has 0 radical (unpaired) electrons. The minimum Gasteiger partial charge on any atom is -0.553 e. The molecule has 6 atom stereocenters. The zero-order valence-corrected chi connectivity index (χ0v) is 41.5. The summed E-state index contributed by atoms with van der Waals surface area (Å²) >= 11 is 0. The molecule has 0 aliphatic carbocycles. The average molecular weight is 1210 g/mol. The molecule has 0 amide bonds. The molecule has 0 aromatic rings. The van der Waals surface area contributed by atoms with Crippen molar-refractivity contribution in [3.63, 3.8) is 0 Å². The standard InChI is InChI=1S/C14H28O6.2C8H17O5.2Rf/c1-17-11-13(15)5-9-19-7-3-4-8-20-10-6-14(16)12-18-2;2*1-12-4-8(11)6-13-5-7(10)2-3-9;;/h13-16H,1-12H2;2*7-11H,1-6H2;;/q-2;2*-1;;. The summed E-state index contributed by atoms with van der Waals surface area (Å²) in [6.45, 7) is 3.28. The summed E-state index contributed by atoms with van der Waals surface area (Å²) in [5.41, 5.74) is 0. The Balaban J connectivity index is -0.000000196. The van der Waals surface area contributed by atoms with Crippen LogP contribution >= 0.6 is 0 Å². The van der Waals surface area contributed by atoms with E-state index in [2.05, 4.69) is 47.4 Å². The average Bonchev–Trinajstić information content (AvgIpc) is 2.99. The van der Waals surface area contributed by atoms with Crippen LogP contribution in [0.2, 0.25) is 0 Å². The van der Waals surface area contributed by atoms with Gasteiger partial charge in [0.15, 0.2) is 0 Å². The van der Waals surface area contributed by atoms with Crippen LogP contribution in [-0.4, -0.2) is 170 Å². The van der Waals surface area contributed by atoms with Gasteiger partial charge in [0.1, 0.15) is 0 Å². The summed E-state index contributed by atoms with van der Waals surface area (Å²) in [5, 5.41) is 71.8. The van der Waals surface area contributed by atoms with Crippen molar-refractivity contribution in [2.45, 2.75) is 75.1 Å². The van der Waals surface area contributed by atoms with E-state index in [0.717, 1.165) is 12.8 Å². The van der Waals surface area contributed by atoms with E-state index in [-0.39, 0.29) is 78.9 Å². The fourth-order valence-electron chi connectivity index (χ4n) is 3.00. The van der Waals surface area contributed by atoms with Gasteiger partial charge in [-0.05, 0) is 38.5 Å². The summed E-state index contributed by atoms with van der Waals surface area (Å²) in [7, 11) is 12.6. The molecule has 16 nitrogen and oxygen atoms in total. The van der Waals surface area contributed by atoms with Crippen LogP contribution in [0.3, 0.4) is 0 Å². The predicted octanol–water partition coefficient (Wildman–Crippen LogP) is -1.25. The van der Waals surface area contributed by atoms with Crippen LogP contribution < -0.4 is 0 Å². The molecule has 48 heavy (non-hydrogen) atoms. The third kappa shape index (κ3) is 47.8. The van der Waals surface area contributed by atoms with Gasteiger partial charge in [-0.25, -0.2) is 28.4 Å². The van der Waals surface area contributed by atoms with Crippen molar-refractivity contribution in [1.29, 1.82) is 0 Å². The number of aliphatic hydroxyl groups is 8. The maximum Gasteiger partial charge on any atom is 0.0976 e. The van der Waals surface area contributed by atoms with Crippen molar-refractivity contribution >= 4 is 0 Å². The molecule has 0 aromatic carbocycles. The first-order chi connectivity index (χ1) is 22.1. The summed E-state index contributed by atoms with van der Waals surface area (Å²) in [5.74, 6) is 0. The Morgan fingerprint density at radius 3 is 0.917 bits per heavy atom. The van der Waals surface area contributed by atoms with Crippen molar-refractivity contribution in [1.82, 2.24) is 0 Å². The molecule has 0 rings (SSSR count). The predicted molar refractivity (Wildman–Crippen MR) is 166 cm³/mol. The number of rotatable bonds is 31. The number of unbranched alkanes of at least 4 members (excludes halogenated alkanes) is 1. The van der Waals surface area contributed by atoms with Crippen molar-refractivity contribution in [2.75, 3.05) is 92.5 Å². The number of hydrogen-bond donors (Lipinski definition) is 8. The fraction of sp³-hybridized carbons (Fsp3) is 0.867. The Hall–Kier alpha value is -2.64. The molecule has 0 saturated carbocycles. The summed E-state index contributed by atoms with van der Waals surface area (Å²) < 4.78 is 38.6. The van der Waals surface area contributed by atoms with E-state index >= 15 is 0 Å². The SMILES string of the molecule is [CH2-]OCC(O)CCOCCCCOCCC(O)CO[CH2-].[CH2-]OCC(O)COCC(O)CCO.[CH2-]OCC(O)COCC(O)CCO.[Rf].[Rf]. The molecule has 18 heteroatoms. The molecule has 0 aliphatic rings. The van der Waals surface area contributed by atoms with Crippen LogP contribution in [-0.2, 0) is 37.9 Å². The van der Waals surface area contributed by atoms with Crippen LogP contribution in [0.15, 0.2) is 0 Å². The van der Waals surface area contributed by atoms with E-state index in [1.54, 1.807) is 0 Å². The Morgan fingerprint density at radius 1 is 0.354 bits per heavy atom. The van der Waals surface area contributed by atoms with Gasteiger partial charge in [0.25, 0.3) is 0 Å². The number of aliphatic hydroxyl groups excluding tert-OH is 8. The minimum absolute atomic E-state index is 0. The Labute approximate surface area is 275 Å². The van der Waals surface area contributed by atoms with Crippen LogP contribution in [0.1, 0.15) is 38.5 Å². The van der Waals surface area contributed by atoms with Gasteiger partial charge in [-0.3, -0.25) is 0 Å². The molecule has 8 N–H and O–H groups in total. The summed E-state index contributed by atoms with van der Waals surface area (Å²) in [6.07, 6.45) is -0.346. The molecular formula is C30H62O16Rf2-4. The van der Waals surface area contributed by atoms with Crippen molar-refractivity contribution in [2.24, 2.45) is 0 Å².